The van der Waals surface area contributed by atoms with Gasteiger partial charge in [0.15, 0.2) is 12.6 Å². The molecule has 0 spiro atoms. The summed E-state index contributed by atoms with van der Waals surface area (Å²) in [5.41, 5.74) is 1.68. The van der Waals surface area contributed by atoms with Gasteiger partial charge in [0.25, 0.3) is 0 Å². The van der Waals surface area contributed by atoms with Crippen LogP contribution in [-0.4, -0.2) is 43.0 Å². The van der Waals surface area contributed by atoms with Crippen molar-refractivity contribution in [1.82, 2.24) is 9.97 Å². The van der Waals surface area contributed by atoms with Crippen molar-refractivity contribution in [3.63, 3.8) is 0 Å². The molecule has 0 bridgehead atoms. The van der Waals surface area contributed by atoms with Crippen molar-refractivity contribution in [3.05, 3.63) is 46.0 Å². The minimum atomic E-state index is -0.297. The molecule has 0 unspecified atom stereocenters. The number of carbonyl (C=O) groups is 2. The number of aliphatic hydroxyl groups is 2. The molecule has 0 atom stereocenters. The van der Waals surface area contributed by atoms with Gasteiger partial charge in [-0.2, -0.15) is 0 Å². The third-order valence-corrected chi connectivity index (χ3v) is 3.29. The van der Waals surface area contributed by atoms with E-state index in [9.17, 15) is 19.8 Å². The van der Waals surface area contributed by atoms with Crippen LogP contribution in [0.2, 0.25) is 0 Å². The average molecular weight is 334 g/mol. The highest BCUT2D eigenvalue weighted by atomic mass is 16.3. The summed E-state index contributed by atoms with van der Waals surface area (Å²) in [6, 6.07) is 0. The Labute approximate surface area is 138 Å². The Morgan fingerprint density at radius 3 is 1.42 bits per heavy atom. The van der Waals surface area contributed by atoms with Gasteiger partial charge in [-0.3, -0.25) is 19.6 Å². The van der Waals surface area contributed by atoms with Crippen molar-refractivity contribution in [2.24, 2.45) is 0 Å². The normalized spacial score (nSPS) is 9.83. The van der Waals surface area contributed by atoms with Crippen LogP contribution in [0, 0.1) is 13.8 Å². The number of aliphatic hydroxyl groups excluding tert-OH is 2. The molecule has 0 fully saturated rings. The summed E-state index contributed by atoms with van der Waals surface area (Å²) in [4.78, 5) is 28.5. The topological polar surface area (TPSA) is 141 Å². The number of pyridine rings is 2. The van der Waals surface area contributed by atoms with Crippen LogP contribution >= 0.6 is 0 Å². The molecule has 0 amide bonds. The van der Waals surface area contributed by atoms with Gasteiger partial charge in [0, 0.05) is 23.5 Å². The number of aromatic nitrogens is 2. The average Bonchev–Trinajstić information content (AvgIpc) is 2.59. The van der Waals surface area contributed by atoms with Gasteiger partial charge in [-0.05, 0) is 13.8 Å². The Bertz CT molecular complexity index is 682. The lowest BCUT2D eigenvalue weighted by Gasteiger charge is -2.04. The molecular formula is C16H18N2O6. The van der Waals surface area contributed by atoms with E-state index in [0.29, 0.717) is 35.1 Å². The molecule has 0 radical (unpaired) electrons. The Hall–Kier alpha value is -2.84. The fourth-order valence-corrected chi connectivity index (χ4v) is 1.82. The first-order chi connectivity index (χ1) is 11.4. The Morgan fingerprint density at radius 1 is 0.833 bits per heavy atom. The van der Waals surface area contributed by atoms with Gasteiger partial charge < -0.3 is 20.4 Å². The van der Waals surface area contributed by atoms with E-state index >= 15 is 0 Å². The number of nitrogens with zero attached hydrogens (tertiary/aromatic N) is 2. The van der Waals surface area contributed by atoms with Gasteiger partial charge in [-0.15, -0.1) is 0 Å². The van der Waals surface area contributed by atoms with E-state index in [1.807, 2.05) is 0 Å². The third kappa shape index (κ3) is 4.12. The highest BCUT2D eigenvalue weighted by Gasteiger charge is 2.10. The van der Waals surface area contributed by atoms with Crippen molar-refractivity contribution in [3.8, 4) is 11.5 Å². The van der Waals surface area contributed by atoms with Gasteiger partial charge in [0.2, 0.25) is 0 Å². The highest BCUT2D eigenvalue weighted by molar-refractivity contribution is 5.82. The zero-order valence-corrected chi connectivity index (χ0v) is 13.2. The first-order valence-electron chi connectivity index (χ1n) is 6.88. The van der Waals surface area contributed by atoms with Crippen molar-refractivity contribution in [2.75, 3.05) is 0 Å². The zero-order chi connectivity index (χ0) is 18.3. The minimum absolute atomic E-state index is 0.116. The molecule has 24 heavy (non-hydrogen) atoms. The molecule has 0 aromatic carbocycles. The monoisotopic (exact) mass is 334 g/mol. The Balaban J connectivity index is 0.000000240. The summed E-state index contributed by atoms with van der Waals surface area (Å²) in [5, 5.41) is 36.1. The van der Waals surface area contributed by atoms with Crippen molar-refractivity contribution >= 4 is 12.6 Å². The van der Waals surface area contributed by atoms with Crippen LogP contribution in [0.1, 0.15) is 43.2 Å². The van der Waals surface area contributed by atoms with E-state index in [1.54, 1.807) is 13.8 Å². The van der Waals surface area contributed by atoms with E-state index < -0.39 is 0 Å². The van der Waals surface area contributed by atoms with Crippen molar-refractivity contribution in [1.29, 1.82) is 0 Å². The molecule has 8 heteroatoms. The largest absolute Gasteiger partial charge is 0.505 e. The quantitative estimate of drug-likeness (QED) is 0.602. The lowest BCUT2D eigenvalue weighted by atomic mass is 10.1. The molecule has 4 N–H and O–H groups in total. The molecule has 0 aliphatic heterocycles. The van der Waals surface area contributed by atoms with Gasteiger partial charge in [0.05, 0.1) is 35.7 Å². The summed E-state index contributed by atoms with van der Waals surface area (Å²) >= 11 is 0. The second-order valence-electron chi connectivity index (χ2n) is 4.81. The van der Waals surface area contributed by atoms with Gasteiger partial charge in [-0.25, -0.2) is 0 Å². The van der Waals surface area contributed by atoms with Crippen LogP contribution in [0.3, 0.4) is 0 Å². The van der Waals surface area contributed by atoms with Gasteiger partial charge >= 0.3 is 0 Å². The Morgan fingerprint density at radius 2 is 1.17 bits per heavy atom. The molecule has 2 rings (SSSR count). The summed E-state index contributed by atoms with van der Waals surface area (Å²) < 4.78 is 0. The fourth-order valence-electron chi connectivity index (χ4n) is 1.82. The van der Waals surface area contributed by atoms with Crippen LogP contribution in [0.5, 0.6) is 11.5 Å². The predicted molar refractivity (Wildman–Crippen MR) is 83.9 cm³/mol. The van der Waals surface area contributed by atoms with Crippen LogP contribution in [0.4, 0.5) is 0 Å². The highest BCUT2D eigenvalue weighted by Crippen LogP contribution is 2.22. The van der Waals surface area contributed by atoms with Crippen molar-refractivity contribution in [2.45, 2.75) is 27.1 Å². The summed E-state index contributed by atoms with van der Waals surface area (Å²) in [6.07, 6.45) is 3.77. The standard InChI is InChI=1S/2C8H9NO3/c2*1-5-8(12)7(4-11)6(3-10)2-9-5/h2*2,4,10,12H,3H2,1H3. The number of carbonyl (C=O) groups excluding carboxylic acids is 2. The first kappa shape index (κ1) is 19.2. The second kappa shape index (κ2) is 8.70. The van der Waals surface area contributed by atoms with Crippen molar-refractivity contribution < 1.29 is 30.0 Å². The molecular weight excluding hydrogens is 316 g/mol. The molecule has 0 saturated heterocycles. The number of rotatable bonds is 4. The maximum Gasteiger partial charge on any atom is 0.154 e. The van der Waals surface area contributed by atoms with E-state index in [2.05, 4.69) is 9.97 Å². The number of hydrogen-bond donors (Lipinski definition) is 4. The number of aromatic hydroxyl groups is 2. The number of aldehydes is 2. The predicted octanol–water partition coefficient (Wildman–Crippen LogP) is 0.801. The van der Waals surface area contributed by atoms with Crippen LogP contribution in [0.25, 0.3) is 0 Å². The van der Waals surface area contributed by atoms with Crippen LogP contribution < -0.4 is 0 Å². The van der Waals surface area contributed by atoms with E-state index in [1.165, 1.54) is 12.4 Å². The number of aryl methyl sites for hydroxylation is 2. The maximum atomic E-state index is 10.5. The number of hydrogen-bond acceptors (Lipinski definition) is 8. The molecule has 2 heterocycles. The minimum Gasteiger partial charge on any atom is -0.505 e. The fraction of sp³-hybridized carbons (Fsp3) is 0.250. The lowest BCUT2D eigenvalue weighted by Crippen LogP contribution is -1.96. The molecule has 0 aliphatic carbocycles. The molecule has 0 aliphatic rings. The smallest absolute Gasteiger partial charge is 0.154 e. The molecule has 128 valence electrons. The van der Waals surface area contributed by atoms with E-state index in [-0.39, 0.29) is 35.8 Å². The summed E-state index contributed by atoms with van der Waals surface area (Å²) in [6.45, 7) is 2.58. The van der Waals surface area contributed by atoms with E-state index in [4.69, 9.17) is 10.2 Å². The molecule has 8 nitrogen and oxygen atoms in total. The van der Waals surface area contributed by atoms with Gasteiger partial charge in [-0.1, -0.05) is 0 Å². The maximum absolute atomic E-state index is 10.5. The molecule has 2 aromatic heterocycles. The molecule has 0 saturated carbocycles. The van der Waals surface area contributed by atoms with Crippen LogP contribution in [0.15, 0.2) is 12.4 Å². The molecule has 2 aromatic rings. The van der Waals surface area contributed by atoms with Crippen LogP contribution in [-0.2, 0) is 13.2 Å². The third-order valence-electron chi connectivity index (χ3n) is 3.29. The zero-order valence-electron chi connectivity index (χ0n) is 13.2. The summed E-state index contributed by atoms with van der Waals surface area (Å²) in [5.74, 6) is -0.312. The van der Waals surface area contributed by atoms with E-state index in [0.717, 1.165) is 0 Å². The SMILES string of the molecule is Cc1ncc(CO)c(C=O)c1O.Cc1ncc(CO)c(C=O)c1O. The second-order valence-corrected chi connectivity index (χ2v) is 4.81. The first-order valence-corrected chi connectivity index (χ1v) is 6.88. The van der Waals surface area contributed by atoms with Gasteiger partial charge in [0.1, 0.15) is 11.5 Å². The lowest BCUT2D eigenvalue weighted by molar-refractivity contribution is 0.111. The Kier molecular flexibility index (Phi) is 6.97. The summed E-state index contributed by atoms with van der Waals surface area (Å²) in [7, 11) is 0.